The second kappa shape index (κ2) is 10.0. The lowest BCUT2D eigenvalue weighted by Crippen LogP contribution is -2.56. The average Bonchev–Trinajstić information content (AvgIpc) is 3.24. The summed E-state index contributed by atoms with van der Waals surface area (Å²) in [5.74, 6) is 2.13. The van der Waals surface area contributed by atoms with E-state index in [1.54, 1.807) is 12.1 Å². The van der Waals surface area contributed by atoms with Crippen molar-refractivity contribution in [3.05, 3.63) is 29.3 Å². The Balaban J connectivity index is 1.78. The maximum atomic E-state index is 13.1. The van der Waals surface area contributed by atoms with E-state index in [0.717, 1.165) is 43.0 Å². The lowest BCUT2D eigenvalue weighted by Gasteiger charge is -2.43. The van der Waals surface area contributed by atoms with Crippen LogP contribution in [0.4, 0.5) is 0 Å². The molecule has 3 rings (SSSR count). The Bertz CT molecular complexity index is 841. The van der Waals surface area contributed by atoms with Crippen LogP contribution in [0.2, 0.25) is 0 Å². The highest BCUT2D eigenvalue weighted by Gasteiger charge is 2.40. The zero-order valence-corrected chi connectivity index (χ0v) is 20.1. The van der Waals surface area contributed by atoms with E-state index in [1.807, 2.05) is 32.5 Å². The summed E-state index contributed by atoms with van der Waals surface area (Å²) >= 11 is 2.00. The minimum absolute atomic E-state index is 0.0510. The average molecular weight is 454 g/mol. The van der Waals surface area contributed by atoms with Gasteiger partial charge in [0.1, 0.15) is 0 Å². The molecule has 1 aromatic carbocycles. The van der Waals surface area contributed by atoms with Gasteiger partial charge in [-0.3, -0.25) is 9.69 Å². The van der Waals surface area contributed by atoms with E-state index in [2.05, 4.69) is 10.2 Å². The maximum absolute atomic E-state index is 13.1. The largest absolute Gasteiger partial charge is 0.350 e. The molecule has 0 unspecified atom stereocenters. The number of aryl methyl sites for hydroxylation is 1. The van der Waals surface area contributed by atoms with Crippen LogP contribution < -0.4 is 5.32 Å². The van der Waals surface area contributed by atoms with Gasteiger partial charge in [0, 0.05) is 55.3 Å². The fourth-order valence-corrected chi connectivity index (χ4v) is 7.12. The smallest absolute Gasteiger partial charge is 0.251 e. The van der Waals surface area contributed by atoms with Gasteiger partial charge in [-0.1, -0.05) is 32.8 Å². The molecule has 0 spiro atoms. The molecule has 30 heavy (non-hydrogen) atoms. The number of carbonyl (C=O) groups is 1. The SMILES string of the molecule is CCN(CC)S(=O)(=O)c1ccc(C)c(C(=O)NCC2(N3CCSCC3)CCCC2)c1. The molecule has 2 fully saturated rings. The Hall–Kier alpha value is -1.09. The van der Waals surface area contributed by atoms with Crippen LogP contribution in [-0.4, -0.2) is 73.3 Å². The molecule has 0 radical (unpaired) electrons. The summed E-state index contributed by atoms with van der Waals surface area (Å²) in [7, 11) is -3.59. The summed E-state index contributed by atoms with van der Waals surface area (Å²) in [5, 5.41) is 3.16. The minimum atomic E-state index is -3.59. The number of thioether (sulfide) groups is 1. The molecule has 168 valence electrons. The molecule has 1 aromatic rings. The number of nitrogens with one attached hydrogen (secondary N) is 1. The number of nitrogens with zero attached hydrogens (tertiary/aromatic N) is 2. The van der Waals surface area contributed by atoms with Crippen molar-refractivity contribution in [2.45, 2.75) is 56.9 Å². The van der Waals surface area contributed by atoms with Crippen molar-refractivity contribution < 1.29 is 13.2 Å². The van der Waals surface area contributed by atoms with Gasteiger partial charge < -0.3 is 5.32 Å². The number of benzene rings is 1. The van der Waals surface area contributed by atoms with Crippen molar-refractivity contribution in [2.75, 3.05) is 44.2 Å². The summed E-state index contributed by atoms with van der Waals surface area (Å²) in [6.45, 7) is 9.11. The zero-order valence-electron chi connectivity index (χ0n) is 18.4. The number of rotatable bonds is 8. The second-order valence-electron chi connectivity index (χ2n) is 8.28. The molecule has 1 aliphatic carbocycles. The summed E-state index contributed by atoms with van der Waals surface area (Å²) in [6.07, 6.45) is 4.65. The van der Waals surface area contributed by atoms with Gasteiger partial charge in [-0.15, -0.1) is 0 Å². The first-order chi connectivity index (χ1) is 14.3. The van der Waals surface area contributed by atoms with E-state index in [-0.39, 0.29) is 16.3 Å². The molecular formula is C22H35N3O3S2. The maximum Gasteiger partial charge on any atom is 0.251 e. The van der Waals surface area contributed by atoms with Crippen LogP contribution in [0, 0.1) is 6.92 Å². The number of hydrogen-bond acceptors (Lipinski definition) is 5. The molecule has 2 aliphatic rings. The molecule has 1 aliphatic heterocycles. The molecule has 6 nitrogen and oxygen atoms in total. The first kappa shape index (κ1) is 23.6. The fraction of sp³-hybridized carbons (Fsp3) is 0.682. The summed E-state index contributed by atoms with van der Waals surface area (Å²) in [5.41, 5.74) is 1.29. The third-order valence-electron chi connectivity index (χ3n) is 6.59. The highest BCUT2D eigenvalue weighted by molar-refractivity contribution is 7.99. The van der Waals surface area contributed by atoms with E-state index in [1.165, 1.54) is 23.2 Å². The minimum Gasteiger partial charge on any atom is -0.350 e. The van der Waals surface area contributed by atoms with Crippen LogP contribution >= 0.6 is 11.8 Å². The summed E-state index contributed by atoms with van der Waals surface area (Å²) < 4.78 is 27.2. The van der Waals surface area contributed by atoms with Gasteiger partial charge in [-0.2, -0.15) is 16.1 Å². The number of sulfonamides is 1. The van der Waals surface area contributed by atoms with Crippen LogP contribution in [0.5, 0.6) is 0 Å². The van der Waals surface area contributed by atoms with Crippen molar-refractivity contribution in [1.82, 2.24) is 14.5 Å². The standard InChI is InChI=1S/C22H35N3O3S2/c1-4-25(5-2)30(27,28)19-9-8-18(3)20(16-19)21(26)23-17-22(10-6-7-11-22)24-12-14-29-15-13-24/h8-9,16H,4-7,10-15,17H2,1-3H3,(H,23,26). The van der Waals surface area contributed by atoms with E-state index in [9.17, 15) is 13.2 Å². The molecule has 0 aromatic heterocycles. The van der Waals surface area contributed by atoms with E-state index < -0.39 is 10.0 Å². The molecule has 0 atom stereocenters. The van der Waals surface area contributed by atoms with Crippen molar-refractivity contribution in [2.24, 2.45) is 0 Å². The van der Waals surface area contributed by atoms with Crippen LogP contribution in [0.25, 0.3) is 0 Å². The Morgan fingerprint density at radius 1 is 1.17 bits per heavy atom. The fourth-order valence-electron chi connectivity index (χ4n) is 4.73. The third-order valence-corrected chi connectivity index (χ3v) is 9.58. The predicted molar refractivity (Wildman–Crippen MR) is 124 cm³/mol. The molecule has 1 saturated heterocycles. The first-order valence-corrected chi connectivity index (χ1v) is 13.7. The second-order valence-corrected chi connectivity index (χ2v) is 11.4. The van der Waals surface area contributed by atoms with Crippen LogP contribution in [0.3, 0.4) is 0 Å². The van der Waals surface area contributed by atoms with Gasteiger partial charge in [0.2, 0.25) is 10.0 Å². The van der Waals surface area contributed by atoms with Gasteiger partial charge in [-0.25, -0.2) is 8.42 Å². The summed E-state index contributed by atoms with van der Waals surface area (Å²) in [4.78, 5) is 15.9. The topological polar surface area (TPSA) is 69.7 Å². The Kier molecular flexibility index (Phi) is 7.87. The summed E-state index contributed by atoms with van der Waals surface area (Å²) in [6, 6.07) is 4.87. The monoisotopic (exact) mass is 453 g/mol. The predicted octanol–water partition coefficient (Wildman–Crippen LogP) is 3.12. The quantitative estimate of drug-likeness (QED) is 0.655. The normalized spacial score (nSPS) is 19.9. The highest BCUT2D eigenvalue weighted by Crippen LogP contribution is 2.36. The molecule has 1 heterocycles. The van der Waals surface area contributed by atoms with Gasteiger partial charge in [-0.05, 0) is 37.5 Å². The zero-order chi connectivity index (χ0) is 21.8. The van der Waals surface area contributed by atoms with Crippen LogP contribution in [-0.2, 0) is 10.0 Å². The van der Waals surface area contributed by atoms with Gasteiger partial charge in [0.25, 0.3) is 5.91 Å². The number of hydrogen-bond donors (Lipinski definition) is 1. The molecule has 1 amide bonds. The van der Waals surface area contributed by atoms with Gasteiger partial charge in [0.15, 0.2) is 0 Å². The van der Waals surface area contributed by atoms with Gasteiger partial charge >= 0.3 is 0 Å². The molecular weight excluding hydrogens is 418 g/mol. The van der Waals surface area contributed by atoms with E-state index in [0.29, 0.717) is 25.2 Å². The highest BCUT2D eigenvalue weighted by atomic mass is 32.2. The number of amides is 1. The molecule has 0 bridgehead atoms. The van der Waals surface area contributed by atoms with Crippen LogP contribution in [0.15, 0.2) is 23.1 Å². The van der Waals surface area contributed by atoms with Crippen molar-refractivity contribution in [1.29, 1.82) is 0 Å². The third kappa shape index (κ3) is 4.87. The molecule has 1 N–H and O–H groups in total. The van der Waals surface area contributed by atoms with Crippen molar-refractivity contribution in [3.8, 4) is 0 Å². The van der Waals surface area contributed by atoms with Crippen LogP contribution in [0.1, 0.15) is 55.5 Å². The Morgan fingerprint density at radius 2 is 1.80 bits per heavy atom. The first-order valence-electron chi connectivity index (χ1n) is 11.1. The molecule has 1 saturated carbocycles. The lowest BCUT2D eigenvalue weighted by molar-refractivity contribution is 0.0817. The van der Waals surface area contributed by atoms with Crippen molar-refractivity contribution in [3.63, 3.8) is 0 Å². The molecule has 8 heteroatoms. The lowest BCUT2D eigenvalue weighted by atomic mass is 9.94. The van der Waals surface area contributed by atoms with Gasteiger partial charge in [0.05, 0.1) is 4.90 Å². The van der Waals surface area contributed by atoms with E-state index in [4.69, 9.17) is 0 Å². The van der Waals surface area contributed by atoms with E-state index >= 15 is 0 Å². The number of carbonyl (C=O) groups excluding carboxylic acids is 1. The Labute approximate surface area is 185 Å². The van der Waals surface area contributed by atoms with Crippen molar-refractivity contribution >= 4 is 27.7 Å². The Morgan fingerprint density at radius 3 is 2.40 bits per heavy atom.